The van der Waals surface area contributed by atoms with E-state index in [0.717, 1.165) is 0 Å². The molecule has 1 atom stereocenters. The van der Waals surface area contributed by atoms with Gasteiger partial charge < -0.3 is 23.8 Å². The Hall–Kier alpha value is -1.91. The summed E-state index contributed by atoms with van der Waals surface area (Å²) < 4.78 is 21.8. The summed E-state index contributed by atoms with van der Waals surface area (Å²) in [4.78, 5) is 36.4. The van der Waals surface area contributed by atoms with Gasteiger partial charge in [-0.15, -0.1) is 0 Å². The van der Waals surface area contributed by atoms with Crippen molar-refractivity contribution >= 4 is 23.8 Å². The molecule has 1 aliphatic rings. The summed E-state index contributed by atoms with van der Waals surface area (Å²) in [6.07, 6.45) is 2.54. The average Bonchev–Trinajstić information content (AvgIpc) is 3.15. The zero-order valence-corrected chi connectivity index (χ0v) is 19.5. The van der Waals surface area contributed by atoms with Crippen LogP contribution in [0, 0.1) is 0 Å². The van der Waals surface area contributed by atoms with Crippen molar-refractivity contribution in [2.75, 3.05) is 40.2 Å². The van der Waals surface area contributed by atoms with E-state index in [2.05, 4.69) is 9.97 Å². The van der Waals surface area contributed by atoms with E-state index < -0.39 is 29.4 Å². The van der Waals surface area contributed by atoms with Crippen molar-refractivity contribution in [3.05, 3.63) is 17.5 Å². The highest BCUT2D eigenvalue weighted by atomic mass is 32.2. The lowest BCUT2D eigenvalue weighted by Crippen LogP contribution is -2.44. The number of esters is 1. The summed E-state index contributed by atoms with van der Waals surface area (Å²) in [5, 5.41) is 0.499. The van der Waals surface area contributed by atoms with Gasteiger partial charge in [-0.25, -0.2) is 14.8 Å². The zero-order valence-electron chi connectivity index (χ0n) is 18.7. The monoisotopic (exact) mass is 441 g/mol. The van der Waals surface area contributed by atoms with E-state index in [1.807, 2.05) is 6.26 Å². The highest BCUT2D eigenvalue weighted by molar-refractivity contribution is 7.98. The highest BCUT2D eigenvalue weighted by Gasteiger charge is 2.52. The Bertz CT molecular complexity index is 765. The van der Waals surface area contributed by atoms with Crippen LogP contribution in [0.3, 0.4) is 0 Å². The number of aromatic nitrogens is 2. The third kappa shape index (κ3) is 5.22. The van der Waals surface area contributed by atoms with Gasteiger partial charge in [-0.2, -0.15) is 0 Å². The van der Waals surface area contributed by atoms with Crippen LogP contribution in [0.1, 0.15) is 51.7 Å². The molecule has 0 aliphatic carbocycles. The minimum absolute atomic E-state index is 0.0821. The summed E-state index contributed by atoms with van der Waals surface area (Å²) in [5.41, 5.74) is -0.850. The standard InChI is InChI=1S/C20H31N3O6S/c1-8-28-16(24)20(9-10-23(12-20)18(25)29-19(2,3)4)14-13(15(26-5)27-6)11-21-17(22-14)30-7/h11,15H,8-10,12H2,1-7H3. The molecule has 9 nitrogen and oxygen atoms in total. The average molecular weight is 442 g/mol. The number of methoxy groups -OCH3 is 2. The molecule has 2 rings (SSSR count). The second-order valence-corrected chi connectivity index (χ2v) is 8.69. The van der Waals surface area contributed by atoms with Crippen molar-refractivity contribution in [1.82, 2.24) is 14.9 Å². The molecule has 0 N–H and O–H groups in total. The van der Waals surface area contributed by atoms with Crippen molar-refractivity contribution in [3.8, 4) is 0 Å². The number of carbonyl (C=O) groups excluding carboxylic acids is 2. The molecule has 10 heteroatoms. The Morgan fingerprint density at radius 2 is 1.97 bits per heavy atom. The van der Waals surface area contributed by atoms with Crippen LogP contribution >= 0.6 is 11.8 Å². The molecule has 1 fully saturated rings. The Balaban J connectivity index is 2.56. The Morgan fingerprint density at radius 3 is 2.50 bits per heavy atom. The molecule has 0 radical (unpaired) electrons. The Labute approximate surface area is 181 Å². The van der Waals surface area contributed by atoms with Crippen LogP contribution in [0.4, 0.5) is 4.79 Å². The van der Waals surface area contributed by atoms with Crippen molar-refractivity contribution in [3.63, 3.8) is 0 Å². The van der Waals surface area contributed by atoms with Gasteiger partial charge in [0.05, 0.1) is 12.3 Å². The molecular weight excluding hydrogens is 410 g/mol. The normalized spacial score (nSPS) is 19.3. The van der Waals surface area contributed by atoms with Crippen LogP contribution in [-0.2, 0) is 29.2 Å². The van der Waals surface area contributed by atoms with Gasteiger partial charge >= 0.3 is 12.1 Å². The largest absolute Gasteiger partial charge is 0.465 e. The van der Waals surface area contributed by atoms with Crippen LogP contribution < -0.4 is 0 Å². The van der Waals surface area contributed by atoms with Crippen LogP contribution in [0.25, 0.3) is 0 Å². The quantitative estimate of drug-likeness (QED) is 0.274. The Kier molecular flexibility index (Phi) is 8.06. The van der Waals surface area contributed by atoms with Crippen LogP contribution in [0.15, 0.2) is 11.4 Å². The predicted octanol–water partition coefficient (Wildman–Crippen LogP) is 2.93. The summed E-state index contributed by atoms with van der Waals surface area (Å²) >= 11 is 1.35. The fourth-order valence-corrected chi connectivity index (χ4v) is 3.74. The molecule has 1 unspecified atom stereocenters. The summed E-state index contributed by atoms with van der Waals surface area (Å²) in [6, 6.07) is 0. The molecule has 1 aromatic heterocycles. The number of thioether (sulfide) groups is 1. The molecule has 1 amide bonds. The third-order valence-electron chi connectivity index (χ3n) is 4.70. The number of likely N-dealkylation sites (tertiary alicyclic amines) is 1. The molecular formula is C20H31N3O6S. The SMILES string of the molecule is CCOC(=O)C1(c2nc(SC)ncc2C(OC)OC)CCN(C(=O)OC(C)(C)C)C1. The Morgan fingerprint density at radius 1 is 1.30 bits per heavy atom. The lowest BCUT2D eigenvalue weighted by Gasteiger charge is -2.30. The lowest BCUT2D eigenvalue weighted by molar-refractivity contribution is -0.150. The predicted molar refractivity (Wildman–Crippen MR) is 111 cm³/mol. The molecule has 2 heterocycles. The smallest absolute Gasteiger partial charge is 0.410 e. The van der Waals surface area contributed by atoms with Gasteiger partial charge in [0.1, 0.15) is 11.0 Å². The van der Waals surface area contributed by atoms with Crippen molar-refractivity contribution < 1.29 is 28.5 Å². The number of hydrogen-bond acceptors (Lipinski definition) is 9. The maximum Gasteiger partial charge on any atom is 0.410 e. The zero-order chi connectivity index (χ0) is 22.5. The fourth-order valence-electron chi connectivity index (χ4n) is 3.40. The second kappa shape index (κ2) is 9.93. The first-order valence-electron chi connectivity index (χ1n) is 9.74. The van der Waals surface area contributed by atoms with E-state index in [4.69, 9.17) is 18.9 Å². The second-order valence-electron chi connectivity index (χ2n) is 7.92. The first kappa shape index (κ1) is 24.4. The number of amides is 1. The minimum atomic E-state index is -1.18. The number of ether oxygens (including phenoxy) is 4. The lowest BCUT2D eigenvalue weighted by atomic mass is 9.81. The van der Waals surface area contributed by atoms with Crippen molar-refractivity contribution in [2.24, 2.45) is 0 Å². The first-order chi connectivity index (χ1) is 14.1. The number of hydrogen-bond donors (Lipinski definition) is 0. The van der Waals surface area contributed by atoms with E-state index in [-0.39, 0.29) is 13.2 Å². The summed E-state index contributed by atoms with van der Waals surface area (Å²) in [5.74, 6) is -0.450. The maximum atomic E-state index is 13.2. The van der Waals surface area contributed by atoms with E-state index in [9.17, 15) is 9.59 Å². The number of nitrogens with zero attached hydrogens (tertiary/aromatic N) is 3. The van der Waals surface area contributed by atoms with Crippen molar-refractivity contribution in [1.29, 1.82) is 0 Å². The van der Waals surface area contributed by atoms with Gasteiger partial charge in [0.2, 0.25) is 0 Å². The van der Waals surface area contributed by atoms with E-state index in [1.165, 1.54) is 30.9 Å². The highest BCUT2D eigenvalue weighted by Crippen LogP contribution is 2.40. The van der Waals surface area contributed by atoms with E-state index in [0.29, 0.717) is 29.4 Å². The van der Waals surface area contributed by atoms with Gasteiger partial charge in [-0.3, -0.25) is 4.79 Å². The molecule has 0 spiro atoms. The topological polar surface area (TPSA) is 100 Å². The van der Waals surface area contributed by atoms with Crippen molar-refractivity contribution in [2.45, 2.75) is 56.6 Å². The van der Waals surface area contributed by atoms with Crippen LogP contribution in [0.2, 0.25) is 0 Å². The summed E-state index contributed by atoms with van der Waals surface area (Å²) in [7, 11) is 3.00. The summed E-state index contributed by atoms with van der Waals surface area (Å²) in [6.45, 7) is 7.77. The number of carbonyl (C=O) groups is 2. The maximum absolute atomic E-state index is 13.2. The number of rotatable bonds is 7. The van der Waals surface area contributed by atoms with Gasteiger partial charge in [0.15, 0.2) is 11.4 Å². The molecule has 1 aliphatic heterocycles. The third-order valence-corrected chi connectivity index (χ3v) is 5.26. The van der Waals surface area contributed by atoms with Gasteiger partial charge in [0.25, 0.3) is 0 Å². The van der Waals surface area contributed by atoms with Crippen LogP contribution in [-0.4, -0.2) is 72.7 Å². The van der Waals surface area contributed by atoms with E-state index >= 15 is 0 Å². The van der Waals surface area contributed by atoms with Gasteiger partial charge in [0, 0.05) is 39.1 Å². The fraction of sp³-hybridized carbons (Fsp3) is 0.700. The van der Waals surface area contributed by atoms with E-state index in [1.54, 1.807) is 33.9 Å². The molecule has 0 saturated carbocycles. The van der Waals surface area contributed by atoms with Gasteiger partial charge in [-0.1, -0.05) is 11.8 Å². The first-order valence-corrected chi connectivity index (χ1v) is 11.0. The van der Waals surface area contributed by atoms with Gasteiger partial charge in [-0.05, 0) is 40.4 Å². The molecule has 30 heavy (non-hydrogen) atoms. The molecule has 0 bridgehead atoms. The molecule has 0 aromatic carbocycles. The van der Waals surface area contributed by atoms with Crippen LogP contribution in [0.5, 0.6) is 0 Å². The molecule has 1 aromatic rings. The minimum Gasteiger partial charge on any atom is -0.465 e. The molecule has 168 valence electrons. The molecule has 1 saturated heterocycles.